The summed E-state index contributed by atoms with van der Waals surface area (Å²) in [7, 11) is -1.05. The van der Waals surface area contributed by atoms with Gasteiger partial charge >= 0.3 is 0 Å². The summed E-state index contributed by atoms with van der Waals surface area (Å²) in [5.74, 6) is 0. The first kappa shape index (κ1) is 15.8. The number of hydrogen-bond donors (Lipinski definition) is 0. The van der Waals surface area contributed by atoms with E-state index in [1.807, 2.05) is 16.9 Å². The number of halogens is 1. The highest BCUT2D eigenvalue weighted by Gasteiger charge is 2.13. The van der Waals surface area contributed by atoms with Gasteiger partial charge in [-0.1, -0.05) is 31.2 Å². The number of aromatic nitrogens is 3. The van der Waals surface area contributed by atoms with Crippen molar-refractivity contribution in [2.45, 2.75) is 37.3 Å². The summed E-state index contributed by atoms with van der Waals surface area (Å²) in [5.41, 5.74) is 1.67. The van der Waals surface area contributed by atoms with E-state index >= 15 is 0 Å². The first-order chi connectivity index (χ1) is 9.40. The molecule has 4 nitrogen and oxygen atoms in total. The zero-order valence-electron chi connectivity index (χ0n) is 12.3. The Morgan fingerprint density at radius 1 is 1.40 bits per heavy atom. The molecule has 2 aromatic rings. The fraction of sp³-hybridized carbons (Fsp3) is 0.538. The van der Waals surface area contributed by atoms with Gasteiger partial charge in [0.2, 0.25) is 0 Å². The predicted octanol–water partition coefficient (Wildman–Crippen LogP) is 4.12. The van der Waals surface area contributed by atoms with Gasteiger partial charge in [0.25, 0.3) is 0 Å². The Hall–Kier alpha value is -0.563. The van der Waals surface area contributed by atoms with Gasteiger partial charge in [0, 0.05) is 19.6 Å². The maximum Gasteiger partial charge on any atom is 0.164 e. The molecule has 2 aromatic heterocycles. The lowest BCUT2D eigenvalue weighted by molar-refractivity contribution is 0.0895. The van der Waals surface area contributed by atoms with Crippen molar-refractivity contribution >= 4 is 42.6 Å². The molecule has 0 bridgehead atoms. The standard InChI is InChI=1S/C13H20ClN3OSSi/c1-19-10-7-11(14)16-13-12(10)15-8-17(13)9-18-5-6-20(2,3)4/h7-8H,5-6,9H2,1-4H3. The zero-order chi connectivity index (χ0) is 14.8. The topological polar surface area (TPSA) is 39.9 Å². The Morgan fingerprint density at radius 2 is 2.15 bits per heavy atom. The monoisotopic (exact) mass is 329 g/mol. The fourth-order valence-electron chi connectivity index (χ4n) is 1.77. The molecule has 0 spiro atoms. The van der Waals surface area contributed by atoms with Crippen molar-refractivity contribution in [2.75, 3.05) is 12.9 Å². The third-order valence-electron chi connectivity index (χ3n) is 2.95. The van der Waals surface area contributed by atoms with Crippen molar-refractivity contribution < 1.29 is 4.74 Å². The van der Waals surface area contributed by atoms with Gasteiger partial charge in [-0.3, -0.25) is 4.57 Å². The van der Waals surface area contributed by atoms with Gasteiger partial charge in [0.05, 0.1) is 6.33 Å². The second-order valence-corrected chi connectivity index (χ2v) is 12.7. The predicted molar refractivity (Wildman–Crippen MR) is 88.4 cm³/mol. The molecule has 0 saturated heterocycles. The Kier molecular flexibility index (Phi) is 5.12. The normalized spacial score (nSPS) is 12.2. The van der Waals surface area contributed by atoms with Crippen LogP contribution in [-0.2, 0) is 11.5 Å². The lowest BCUT2D eigenvalue weighted by Gasteiger charge is -2.15. The zero-order valence-corrected chi connectivity index (χ0v) is 14.9. The van der Waals surface area contributed by atoms with Gasteiger partial charge in [-0.25, -0.2) is 9.97 Å². The fourth-order valence-corrected chi connectivity index (χ4v) is 3.35. The summed E-state index contributed by atoms with van der Waals surface area (Å²) >= 11 is 7.67. The summed E-state index contributed by atoms with van der Waals surface area (Å²) < 4.78 is 7.65. The second-order valence-electron chi connectivity index (χ2n) is 5.88. The van der Waals surface area contributed by atoms with Crippen LogP contribution in [0.2, 0.25) is 30.8 Å². The quantitative estimate of drug-likeness (QED) is 0.346. The number of rotatable bonds is 6. The molecule has 0 amide bonds. The maximum absolute atomic E-state index is 6.05. The SMILES string of the molecule is CSc1cc(Cl)nc2c1ncn2COCC[Si](C)(C)C. The van der Waals surface area contributed by atoms with Crippen molar-refractivity contribution in [3.8, 4) is 0 Å². The van der Waals surface area contributed by atoms with Crippen LogP contribution in [0.5, 0.6) is 0 Å². The Bertz CT molecular complexity index is 597. The molecule has 0 fully saturated rings. The van der Waals surface area contributed by atoms with E-state index in [1.165, 1.54) is 0 Å². The molecule has 0 saturated carbocycles. The summed E-state index contributed by atoms with van der Waals surface area (Å²) in [4.78, 5) is 9.80. The van der Waals surface area contributed by atoms with Crippen LogP contribution in [0, 0.1) is 0 Å². The summed E-state index contributed by atoms with van der Waals surface area (Å²) in [5, 5.41) is 0.491. The molecule has 2 rings (SSSR count). The minimum Gasteiger partial charge on any atom is -0.361 e. The Balaban J connectivity index is 2.09. The molecule has 0 aromatic carbocycles. The van der Waals surface area contributed by atoms with E-state index in [0.29, 0.717) is 11.9 Å². The van der Waals surface area contributed by atoms with Crippen molar-refractivity contribution in [3.05, 3.63) is 17.5 Å². The maximum atomic E-state index is 6.05. The average molecular weight is 330 g/mol. The lowest BCUT2D eigenvalue weighted by Crippen LogP contribution is -2.22. The van der Waals surface area contributed by atoms with E-state index in [-0.39, 0.29) is 0 Å². The summed E-state index contributed by atoms with van der Waals surface area (Å²) in [6, 6.07) is 3.00. The molecule has 0 N–H and O–H groups in total. The highest BCUT2D eigenvalue weighted by atomic mass is 35.5. The third kappa shape index (κ3) is 3.97. The summed E-state index contributed by atoms with van der Waals surface area (Å²) in [6.45, 7) is 8.28. The van der Waals surface area contributed by atoms with E-state index in [0.717, 1.165) is 28.7 Å². The van der Waals surface area contributed by atoms with Crippen molar-refractivity contribution in [1.29, 1.82) is 0 Å². The van der Waals surface area contributed by atoms with Crippen molar-refractivity contribution in [1.82, 2.24) is 14.5 Å². The molecule has 0 aliphatic rings. The molecule has 20 heavy (non-hydrogen) atoms. The van der Waals surface area contributed by atoms with Gasteiger partial charge in [0.15, 0.2) is 5.65 Å². The molecule has 0 aliphatic carbocycles. The highest BCUT2D eigenvalue weighted by molar-refractivity contribution is 7.98. The molecule has 0 unspecified atom stereocenters. The Morgan fingerprint density at radius 3 is 2.80 bits per heavy atom. The summed E-state index contributed by atoms with van der Waals surface area (Å²) in [6.07, 6.45) is 3.77. The Labute approximate surface area is 129 Å². The van der Waals surface area contributed by atoms with Gasteiger partial charge in [-0.15, -0.1) is 11.8 Å². The molecule has 2 heterocycles. The molecule has 110 valence electrons. The van der Waals surface area contributed by atoms with E-state index in [2.05, 4.69) is 29.6 Å². The van der Waals surface area contributed by atoms with E-state index in [9.17, 15) is 0 Å². The number of thioether (sulfide) groups is 1. The van der Waals surface area contributed by atoms with Crippen LogP contribution in [0.4, 0.5) is 0 Å². The van der Waals surface area contributed by atoms with E-state index in [1.54, 1.807) is 18.1 Å². The second kappa shape index (κ2) is 6.47. The number of fused-ring (bicyclic) bond motifs is 1. The van der Waals surface area contributed by atoms with Gasteiger partial charge < -0.3 is 4.74 Å². The number of nitrogens with zero attached hydrogens (tertiary/aromatic N) is 3. The smallest absolute Gasteiger partial charge is 0.164 e. The number of ether oxygens (including phenoxy) is 1. The van der Waals surface area contributed by atoms with Gasteiger partial charge in [0.1, 0.15) is 17.4 Å². The molecular weight excluding hydrogens is 310 g/mol. The number of imidazole rings is 1. The molecular formula is C13H20ClN3OSSi. The van der Waals surface area contributed by atoms with E-state index in [4.69, 9.17) is 16.3 Å². The third-order valence-corrected chi connectivity index (χ3v) is 5.60. The molecule has 0 aliphatic heterocycles. The first-order valence-corrected chi connectivity index (χ1v) is 11.8. The molecule has 7 heteroatoms. The largest absolute Gasteiger partial charge is 0.361 e. The van der Waals surface area contributed by atoms with Crippen LogP contribution in [0.15, 0.2) is 17.3 Å². The lowest BCUT2D eigenvalue weighted by atomic mass is 10.4. The minimum atomic E-state index is -1.05. The van der Waals surface area contributed by atoms with Crippen LogP contribution in [0.25, 0.3) is 11.2 Å². The molecule has 0 radical (unpaired) electrons. The van der Waals surface area contributed by atoms with Crippen LogP contribution in [0.3, 0.4) is 0 Å². The number of hydrogen-bond acceptors (Lipinski definition) is 4. The van der Waals surface area contributed by atoms with E-state index < -0.39 is 8.07 Å². The van der Waals surface area contributed by atoms with Gasteiger partial charge in [-0.05, 0) is 18.4 Å². The van der Waals surface area contributed by atoms with Crippen molar-refractivity contribution in [2.24, 2.45) is 0 Å². The average Bonchev–Trinajstić information content (AvgIpc) is 2.75. The van der Waals surface area contributed by atoms with Crippen molar-refractivity contribution in [3.63, 3.8) is 0 Å². The van der Waals surface area contributed by atoms with Crippen LogP contribution in [0.1, 0.15) is 0 Å². The van der Waals surface area contributed by atoms with Crippen LogP contribution < -0.4 is 0 Å². The number of pyridine rings is 1. The van der Waals surface area contributed by atoms with Crippen LogP contribution in [-0.4, -0.2) is 35.5 Å². The van der Waals surface area contributed by atoms with Gasteiger partial charge in [-0.2, -0.15) is 0 Å². The first-order valence-electron chi connectivity index (χ1n) is 6.54. The molecule has 0 atom stereocenters. The highest BCUT2D eigenvalue weighted by Crippen LogP contribution is 2.26. The minimum absolute atomic E-state index is 0.474. The van der Waals surface area contributed by atoms with Crippen LogP contribution >= 0.6 is 23.4 Å².